The van der Waals surface area contributed by atoms with Gasteiger partial charge in [-0.2, -0.15) is 10.1 Å². The van der Waals surface area contributed by atoms with Crippen molar-refractivity contribution in [2.75, 3.05) is 13.1 Å². The Morgan fingerprint density at radius 1 is 1.21 bits per heavy atom. The summed E-state index contributed by atoms with van der Waals surface area (Å²) >= 11 is 0. The number of aromatic nitrogens is 4. The second kappa shape index (κ2) is 7.22. The summed E-state index contributed by atoms with van der Waals surface area (Å²) in [6, 6.07) is 9.51. The van der Waals surface area contributed by atoms with Gasteiger partial charge in [-0.3, -0.25) is 4.79 Å². The van der Waals surface area contributed by atoms with E-state index in [9.17, 15) is 4.79 Å². The van der Waals surface area contributed by atoms with Crippen molar-refractivity contribution < 1.29 is 9.32 Å². The Morgan fingerprint density at radius 3 is 2.96 bits per heavy atom. The molecule has 3 aromatic rings. The monoisotopic (exact) mass is 377 g/mol. The van der Waals surface area contributed by atoms with E-state index in [4.69, 9.17) is 4.52 Å². The molecule has 2 aliphatic rings. The minimum atomic E-state index is 0.0721. The Hall–Kier alpha value is -2.96. The van der Waals surface area contributed by atoms with Crippen LogP contribution < -0.4 is 0 Å². The van der Waals surface area contributed by atoms with Gasteiger partial charge in [0.25, 0.3) is 5.91 Å². The van der Waals surface area contributed by atoms with Crippen LogP contribution in [0.15, 0.2) is 47.2 Å². The molecule has 1 aliphatic heterocycles. The van der Waals surface area contributed by atoms with Crippen molar-refractivity contribution >= 4 is 5.91 Å². The molecule has 1 saturated heterocycles. The van der Waals surface area contributed by atoms with Gasteiger partial charge < -0.3 is 9.42 Å². The largest absolute Gasteiger partial charge is 0.339 e. The molecule has 1 saturated carbocycles. The maximum absolute atomic E-state index is 13.1. The van der Waals surface area contributed by atoms with E-state index in [0.29, 0.717) is 23.3 Å². The van der Waals surface area contributed by atoms with Crippen LogP contribution in [0, 0.1) is 5.92 Å². The normalized spacial score (nSPS) is 19.7. The molecule has 0 unspecified atom stereocenters. The number of amides is 1. The molecule has 1 amide bonds. The fourth-order valence-electron chi connectivity index (χ4n) is 3.91. The van der Waals surface area contributed by atoms with Crippen molar-refractivity contribution in [3.63, 3.8) is 0 Å². The van der Waals surface area contributed by atoms with E-state index in [1.807, 2.05) is 41.4 Å². The van der Waals surface area contributed by atoms with Crippen molar-refractivity contribution in [1.29, 1.82) is 0 Å². The molecule has 7 heteroatoms. The summed E-state index contributed by atoms with van der Waals surface area (Å²) < 4.78 is 7.20. The highest BCUT2D eigenvalue weighted by Gasteiger charge is 2.30. The van der Waals surface area contributed by atoms with Gasteiger partial charge in [0.05, 0.1) is 5.69 Å². The lowest BCUT2D eigenvalue weighted by Crippen LogP contribution is -2.40. The average Bonchev–Trinajstić information content (AvgIpc) is 3.23. The number of carbonyl (C=O) groups is 1. The van der Waals surface area contributed by atoms with Crippen LogP contribution in [0.3, 0.4) is 0 Å². The smallest absolute Gasteiger partial charge is 0.253 e. The summed E-state index contributed by atoms with van der Waals surface area (Å²) in [6.45, 7) is 1.52. The van der Waals surface area contributed by atoms with E-state index < -0.39 is 0 Å². The highest BCUT2D eigenvalue weighted by Crippen LogP contribution is 2.38. The van der Waals surface area contributed by atoms with Crippen molar-refractivity contribution in [2.24, 2.45) is 5.92 Å². The third-order valence-corrected chi connectivity index (χ3v) is 5.56. The Labute approximate surface area is 163 Å². The summed E-state index contributed by atoms with van der Waals surface area (Å²) in [7, 11) is 0. The lowest BCUT2D eigenvalue weighted by molar-refractivity contribution is 0.0668. The Kier molecular flexibility index (Phi) is 4.43. The van der Waals surface area contributed by atoms with Gasteiger partial charge in [0, 0.05) is 43.4 Å². The number of rotatable bonds is 5. The van der Waals surface area contributed by atoms with Crippen molar-refractivity contribution in [3.05, 3.63) is 60.0 Å². The first kappa shape index (κ1) is 17.2. The highest BCUT2D eigenvalue weighted by molar-refractivity contribution is 5.94. The van der Waals surface area contributed by atoms with E-state index in [1.165, 1.54) is 12.8 Å². The molecule has 3 heterocycles. The molecule has 0 N–H and O–H groups in total. The van der Waals surface area contributed by atoms with E-state index in [1.54, 1.807) is 10.9 Å². The highest BCUT2D eigenvalue weighted by atomic mass is 16.5. The first-order chi connectivity index (χ1) is 13.8. The molecule has 1 aromatic carbocycles. The zero-order chi connectivity index (χ0) is 18.9. The first-order valence-corrected chi connectivity index (χ1v) is 9.98. The molecule has 0 radical (unpaired) electrons. The summed E-state index contributed by atoms with van der Waals surface area (Å²) in [5, 5.41) is 8.35. The zero-order valence-corrected chi connectivity index (χ0v) is 15.7. The molecule has 0 bridgehead atoms. The van der Waals surface area contributed by atoms with Crippen LogP contribution in [0.5, 0.6) is 0 Å². The van der Waals surface area contributed by atoms with Crippen LogP contribution in [-0.2, 0) is 6.42 Å². The lowest BCUT2D eigenvalue weighted by atomic mass is 9.94. The number of carbonyl (C=O) groups excluding carboxylic acids is 1. The molecule has 1 atom stereocenters. The van der Waals surface area contributed by atoms with Crippen molar-refractivity contribution in [2.45, 2.75) is 38.0 Å². The fourth-order valence-corrected chi connectivity index (χ4v) is 3.91. The minimum Gasteiger partial charge on any atom is -0.339 e. The lowest BCUT2D eigenvalue weighted by Gasteiger charge is -2.32. The molecule has 0 spiro atoms. The summed E-state index contributed by atoms with van der Waals surface area (Å²) in [4.78, 5) is 19.6. The van der Waals surface area contributed by atoms with E-state index in [2.05, 4.69) is 15.2 Å². The quantitative estimate of drug-likeness (QED) is 0.682. The Morgan fingerprint density at radius 2 is 2.14 bits per heavy atom. The topological polar surface area (TPSA) is 77.1 Å². The summed E-state index contributed by atoms with van der Waals surface area (Å²) in [5.74, 6) is 2.50. The maximum atomic E-state index is 13.1. The standard InChI is InChI=1S/C21H23N5O2/c27-21(17-5-1-6-18(13-17)26-11-3-9-22-26)25-10-2-4-15(14-25)12-19-23-20(24-28-19)16-7-8-16/h1,3,5-6,9,11,13,15-16H,2,4,7-8,10,12,14H2/t15-/m1/s1. The van der Waals surface area contributed by atoms with Crippen LogP contribution in [0.4, 0.5) is 0 Å². The number of benzene rings is 1. The Bertz CT molecular complexity index is 961. The number of piperidine rings is 1. The fraction of sp³-hybridized carbons (Fsp3) is 0.429. The van der Waals surface area contributed by atoms with Crippen LogP contribution in [0.25, 0.3) is 5.69 Å². The minimum absolute atomic E-state index is 0.0721. The summed E-state index contributed by atoms with van der Waals surface area (Å²) in [6.07, 6.45) is 8.77. The molecule has 28 heavy (non-hydrogen) atoms. The summed E-state index contributed by atoms with van der Waals surface area (Å²) in [5.41, 5.74) is 1.59. The van der Waals surface area contributed by atoms with E-state index >= 15 is 0 Å². The van der Waals surface area contributed by atoms with Gasteiger partial charge in [0.2, 0.25) is 5.89 Å². The second-order valence-electron chi connectivity index (χ2n) is 7.79. The second-order valence-corrected chi connectivity index (χ2v) is 7.79. The molecular formula is C21H23N5O2. The number of nitrogens with zero attached hydrogens (tertiary/aromatic N) is 5. The molecule has 144 valence electrons. The van der Waals surface area contributed by atoms with Crippen LogP contribution in [0.1, 0.15) is 53.7 Å². The first-order valence-electron chi connectivity index (χ1n) is 9.98. The van der Waals surface area contributed by atoms with Gasteiger partial charge in [-0.1, -0.05) is 11.2 Å². The van der Waals surface area contributed by atoms with Crippen molar-refractivity contribution in [1.82, 2.24) is 24.8 Å². The van der Waals surface area contributed by atoms with E-state index in [-0.39, 0.29) is 5.91 Å². The number of likely N-dealkylation sites (tertiary alicyclic amines) is 1. The predicted molar refractivity (Wildman–Crippen MR) is 102 cm³/mol. The molecule has 7 nitrogen and oxygen atoms in total. The van der Waals surface area contributed by atoms with Gasteiger partial charge >= 0.3 is 0 Å². The van der Waals surface area contributed by atoms with Gasteiger partial charge in [-0.15, -0.1) is 0 Å². The zero-order valence-electron chi connectivity index (χ0n) is 15.7. The third kappa shape index (κ3) is 3.56. The van der Waals surface area contributed by atoms with Crippen LogP contribution in [-0.4, -0.2) is 43.8 Å². The number of hydrogen-bond acceptors (Lipinski definition) is 5. The van der Waals surface area contributed by atoms with Gasteiger partial charge in [0.1, 0.15) is 0 Å². The maximum Gasteiger partial charge on any atom is 0.253 e. The molecule has 5 rings (SSSR count). The van der Waals surface area contributed by atoms with Crippen LogP contribution >= 0.6 is 0 Å². The van der Waals surface area contributed by atoms with Gasteiger partial charge in [0.15, 0.2) is 5.82 Å². The predicted octanol–water partition coefficient (Wildman–Crippen LogP) is 3.23. The molecular weight excluding hydrogens is 354 g/mol. The average molecular weight is 377 g/mol. The Balaban J connectivity index is 1.26. The number of hydrogen-bond donors (Lipinski definition) is 0. The van der Waals surface area contributed by atoms with E-state index in [0.717, 1.165) is 43.9 Å². The van der Waals surface area contributed by atoms with Gasteiger partial charge in [-0.25, -0.2) is 4.68 Å². The third-order valence-electron chi connectivity index (χ3n) is 5.56. The SMILES string of the molecule is O=C(c1cccc(-n2cccn2)c1)N1CCC[C@H](Cc2nc(C3CC3)no2)C1. The van der Waals surface area contributed by atoms with Crippen LogP contribution in [0.2, 0.25) is 0 Å². The molecule has 1 aliphatic carbocycles. The molecule has 2 aromatic heterocycles. The van der Waals surface area contributed by atoms with Crippen molar-refractivity contribution in [3.8, 4) is 5.69 Å². The van der Waals surface area contributed by atoms with Gasteiger partial charge in [-0.05, 0) is 55.9 Å². The molecule has 2 fully saturated rings.